The third-order valence-corrected chi connectivity index (χ3v) is 4.58. The van der Waals surface area contributed by atoms with Crippen LogP contribution < -0.4 is 14.8 Å². The summed E-state index contributed by atoms with van der Waals surface area (Å²) in [7, 11) is 5.18. The maximum atomic E-state index is 12.5. The summed E-state index contributed by atoms with van der Waals surface area (Å²) in [4.78, 5) is 14.5. The van der Waals surface area contributed by atoms with E-state index in [1.165, 1.54) is 5.56 Å². The highest BCUT2D eigenvalue weighted by molar-refractivity contribution is 5.94. The second kappa shape index (κ2) is 9.25. The first-order chi connectivity index (χ1) is 12.5. The lowest BCUT2D eigenvalue weighted by Crippen LogP contribution is -2.39. The van der Waals surface area contributed by atoms with Gasteiger partial charge >= 0.3 is 0 Å². The van der Waals surface area contributed by atoms with Gasteiger partial charge in [-0.1, -0.05) is 25.1 Å². The number of aryl methyl sites for hydroxylation is 1. The number of hydrogen-bond donors (Lipinski definition) is 1. The van der Waals surface area contributed by atoms with Crippen molar-refractivity contribution in [3.63, 3.8) is 0 Å². The number of likely N-dealkylation sites (N-methyl/N-ethyl adjacent to an activating group) is 1. The minimum absolute atomic E-state index is 0.0378. The molecule has 26 heavy (non-hydrogen) atoms. The van der Waals surface area contributed by atoms with E-state index in [0.29, 0.717) is 6.54 Å². The van der Waals surface area contributed by atoms with Crippen LogP contribution in [-0.4, -0.2) is 38.1 Å². The van der Waals surface area contributed by atoms with Crippen LogP contribution in [0.15, 0.2) is 42.5 Å². The minimum atomic E-state index is -0.285. The van der Waals surface area contributed by atoms with Crippen molar-refractivity contribution in [3.05, 3.63) is 53.6 Å². The van der Waals surface area contributed by atoms with Crippen molar-refractivity contribution < 1.29 is 14.3 Å². The lowest BCUT2D eigenvalue weighted by Gasteiger charge is -2.25. The second-order valence-corrected chi connectivity index (χ2v) is 6.31. The van der Waals surface area contributed by atoms with E-state index in [4.69, 9.17) is 9.47 Å². The van der Waals surface area contributed by atoms with E-state index in [2.05, 4.69) is 12.2 Å². The molecule has 0 aliphatic rings. The maximum absolute atomic E-state index is 12.5. The van der Waals surface area contributed by atoms with Gasteiger partial charge in [-0.2, -0.15) is 0 Å². The number of carbonyl (C=O) groups excluding carboxylic acids is 1. The molecule has 2 rings (SSSR count). The van der Waals surface area contributed by atoms with Crippen molar-refractivity contribution in [1.29, 1.82) is 0 Å². The molecule has 0 aliphatic heterocycles. The van der Waals surface area contributed by atoms with E-state index in [1.54, 1.807) is 14.2 Å². The molecule has 5 nitrogen and oxygen atoms in total. The van der Waals surface area contributed by atoms with Gasteiger partial charge in [0.1, 0.15) is 11.5 Å². The number of anilines is 1. The van der Waals surface area contributed by atoms with E-state index in [1.807, 2.05) is 61.3 Å². The summed E-state index contributed by atoms with van der Waals surface area (Å²) < 4.78 is 10.7. The smallest absolute Gasteiger partial charge is 0.241 e. The Hall–Kier alpha value is -2.53. The molecule has 0 aliphatic carbocycles. The SMILES string of the molecule is CCc1ccc(NC(=O)[C@@H](C)N(C)Cc2ccc(OC)cc2OC)cc1. The van der Waals surface area contributed by atoms with Gasteiger partial charge in [-0.3, -0.25) is 9.69 Å². The first-order valence-electron chi connectivity index (χ1n) is 8.79. The maximum Gasteiger partial charge on any atom is 0.241 e. The molecule has 0 spiro atoms. The molecule has 1 N–H and O–H groups in total. The van der Waals surface area contributed by atoms with Crippen LogP contribution in [0.4, 0.5) is 5.69 Å². The van der Waals surface area contributed by atoms with E-state index in [-0.39, 0.29) is 11.9 Å². The van der Waals surface area contributed by atoms with E-state index in [9.17, 15) is 4.79 Å². The molecule has 0 heterocycles. The molecule has 0 aromatic heterocycles. The van der Waals surface area contributed by atoms with Crippen LogP contribution in [0.1, 0.15) is 25.0 Å². The summed E-state index contributed by atoms with van der Waals surface area (Å²) >= 11 is 0. The number of carbonyl (C=O) groups is 1. The molecule has 0 saturated heterocycles. The number of hydrogen-bond acceptors (Lipinski definition) is 4. The monoisotopic (exact) mass is 356 g/mol. The quantitative estimate of drug-likeness (QED) is 0.783. The summed E-state index contributed by atoms with van der Waals surface area (Å²) in [6.07, 6.45) is 0.983. The molecule has 0 bridgehead atoms. The summed E-state index contributed by atoms with van der Waals surface area (Å²) in [5.41, 5.74) is 3.07. The highest BCUT2D eigenvalue weighted by Gasteiger charge is 2.19. The Morgan fingerprint density at radius 1 is 1.12 bits per heavy atom. The van der Waals surface area contributed by atoms with Crippen LogP contribution in [0.2, 0.25) is 0 Å². The van der Waals surface area contributed by atoms with Crippen LogP contribution in [0.25, 0.3) is 0 Å². The van der Waals surface area contributed by atoms with Gasteiger partial charge in [-0.05, 0) is 44.2 Å². The Kier molecular flexibility index (Phi) is 7.04. The number of nitrogens with zero attached hydrogens (tertiary/aromatic N) is 1. The molecular formula is C21H28N2O3. The van der Waals surface area contributed by atoms with Gasteiger partial charge in [0.25, 0.3) is 0 Å². The summed E-state index contributed by atoms with van der Waals surface area (Å²) in [6, 6.07) is 13.4. The predicted octanol–water partition coefficient (Wildman–Crippen LogP) is 3.73. The van der Waals surface area contributed by atoms with Crippen LogP contribution >= 0.6 is 0 Å². The zero-order valence-electron chi connectivity index (χ0n) is 16.2. The zero-order chi connectivity index (χ0) is 19.1. The van der Waals surface area contributed by atoms with Crippen molar-refractivity contribution in [1.82, 2.24) is 4.90 Å². The van der Waals surface area contributed by atoms with Gasteiger partial charge in [-0.25, -0.2) is 0 Å². The highest BCUT2D eigenvalue weighted by Crippen LogP contribution is 2.26. The van der Waals surface area contributed by atoms with Crippen molar-refractivity contribution in [2.24, 2.45) is 0 Å². The first-order valence-corrected chi connectivity index (χ1v) is 8.79. The molecule has 5 heteroatoms. The molecular weight excluding hydrogens is 328 g/mol. The molecule has 0 saturated carbocycles. The second-order valence-electron chi connectivity index (χ2n) is 6.31. The van der Waals surface area contributed by atoms with Crippen LogP contribution in [0.5, 0.6) is 11.5 Å². The van der Waals surface area contributed by atoms with E-state index in [0.717, 1.165) is 29.2 Å². The van der Waals surface area contributed by atoms with Gasteiger partial charge in [0, 0.05) is 23.9 Å². The molecule has 0 unspecified atom stereocenters. The zero-order valence-corrected chi connectivity index (χ0v) is 16.2. The normalized spacial score (nSPS) is 11.9. The van der Waals surface area contributed by atoms with Gasteiger partial charge in [0.2, 0.25) is 5.91 Å². The van der Waals surface area contributed by atoms with Crippen molar-refractivity contribution in [3.8, 4) is 11.5 Å². The lowest BCUT2D eigenvalue weighted by atomic mass is 10.1. The van der Waals surface area contributed by atoms with E-state index < -0.39 is 0 Å². The average molecular weight is 356 g/mol. The Morgan fingerprint density at radius 2 is 1.81 bits per heavy atom. The highest BCUT2D eigenvalue weighted by atomic mass is 16.5. The van der Waals surface area contributed by atoms with Crippen molar-refractivity contribution >= 4 is 11.6 Å². The molecule has 2 aromatic rings. The van der Waals surface area contributed by atoms with Crippen molar-refractivity contribution in [2.75, 3.05) is 26.6 Å². The molecule has 140 valence electrons. The average Bonchev–Trinajstić information content (AvgIpc) is 2.68. The van der Waals surface area contributed by atoms with Crippen LogP contribution in [0.3, 0.4) is 0 Å². The Balaban J connectivity index is 2.01. The van der Waals surface area contributed by atoms with Crippen LogP contribution in [-0.2, 0) is 17.8 Å². The molecule has 0 radical (unpaired) electrons. The van der Waals surface area contributed by atoms with Crippen molar-refractivity contribution in [2.45, 2.75) is 32.9 Å². The number of methoxy groups -OCH3 is 2. The summed E-state index contributed by atoms with van der Waals surface area (Å²) in [6.45, 7) is 4.60. The third kappa shape index (κ3) is 4.99. The molecule has 1 atom stereocenters. The first kappa shape index (κ1) is 19.8. The predicted molar refractivity (Wildman–Crippen MR) is 105 cm³/mol. The van der Waals surface area contributed by atoms with Gasteiger partial charge in [-0.15, -0.1) is 0 Å². The molecule has 0 fully saturated rings. The lowest BCUT2D eigenvalue weighted by molar-refractivity contribution is -0.120. The van der Waals surface area contributed by atoms with Crippen LogP contribution in [0, 0.1) is 0 Å². The number of ether oxygens (including phenoxy) is 2. The number of benzene rings is 2. The van der Waals surface area contributed by atoms with Gasteiger partial charge in [0.05, 0.1) is 20.3 Å². The summed E-state index contributed by atoms with van der Waals surface area (Å²) in [5, 5.41) is 2.97. The largest absolute Gasteiger partial charge is 0.497 e. The number of rotatable bonds is 8. The molecule has 1 amide bonds. The van der Waals surface area contributed by atoms with Gasteiger partial charge < -0.3 is 14.8 Å². The Bertz CT molecular complexity index is 729. The summed E-state index contributed by atoms with van der Waals surface area (Å²) in [5.74, 6) is 1.46. The number of amides is 1. The standard InChI is InChI=1S/C21H28N2O3/c1-6-16-7-10-18(11-8-16)22-21(24)15(2)23(3)14-17-9-12-19(25-4)13-20(17)26-5/h7-13,15H,6,14H2,1-5H3,(H,22,24)/t15-/m1/s1. The van der Waals surface area contributed by atoms with E-state index >= 15 is 0 Å². The van der Waals surface area contributed by atoms with Gasteiger partial charge in [0.15, 0.2) is 0 Å². The Morgan fingerprint density at radius 3 is 2.38 bits per heavy atom. The number of nitrogens with one attached hydrogen (secondary N) is 1. The Labute approximate surface area is 155 Å². The minimum Gasteiger partial charge on any atom is -0.497 e. The topological polar surface area (TPSA) is 50.8 Å². The third-order valence-electron chi connectivity index (χ3n) is 4.58. The molecule has 2 aromatic carbocycles. The fourth-order valence-electron chi connectivity index (χ4n) is 2.66. The fourth-order valence-corrected chi connectivity index (χ4v) is 2.66. The fraction of sp³-hybridized carbons (Fsp3) is 0.381.